The van der Waals surface area contributed by atoms with Crippen molar-refractivity contribution in [3.05, 3.63) is 23.2 Å². The molecular formula is C11H16ClNOS. The molecule has 1 aromatic rings. The number of ether oxygens (including phenoxy) is 1. The van der Waals surface area contributed by atoms with Crippen LogP contribution in [0.5, 0.6) is 5.75 Å². The summed E-state index contributed by atoms with van der Waals surface area (Å²) in [5.41, 5.74) is 1.10. The fraction of sp³-hybridized carbons (Fsp3) is 0.455. The third-order valence-corrected chi connectivity index (χ3v) is 2.84. The van der Waals surface area contributed by atoms with Gasteiger partial charge in [-0.2, -0.15) is 12.6 Å². The molecule has 0 fully saturated rings. The number of nitrogens with zero attached hydrogens (tertiary/aromatic N) is 1. The molecule has 0 unspecified atom stereocenters. The van der Waals surface area contributed by atoms with Gasteiger partial charge >= 0.3 is 0 Å². The largest absolute Gasteiger partial charge is 0.495 e. The fourth-order valence-corrected chi connectivity index (χ4v) is 1.72. The van der Waals surface area contributed by atoms with Gasteiger partial charge in [-0.1, -0.05) is 11.6 Å². The van der Waals surface area contributed by atoms with Crippen LogP contribution in [-0.4, -0.2) is 26.5 Å². The Kier molecular flexibility index (Phi) is 5.12. The lowest BCUT2D eigenvalue weighted by Gasteiger charge is -2.19. The number of thiol groups is 1. The predicted molar refractivity (Wildman–Crippen MR) is 69.7 cm³/mol. The van der Waals surface area contributed by atoms with Crippen molar-refractivity contribution < 1.29 is 4.74 Å². The number of rotatable bonds is 5. The maximum absolute atomic E-state index is 6.04. The first-order valence-electron chi connectivity index (χ1n) is 4.84. The monoisotopic (exact) mass is 245 g/mol. The first kappa shape index (κ1) is 12.5. The molecule has 4 heteroatoms. The van der Waals surface area contributed by atoms with Crippen LogP contribution in [0.15, 0.2) is 18.2 Å². The average Bonchev–Trinajstić information content (AvgIpc) is 2.25. The van der Waals surface area contributed by atoms with Crippen molar-refractivity contribution in [1.82, 2.24) is 0 Å². The van der Waals surface area contributed by atoms with E-state index >= 15 is 0 Å². The second kappa shape index (κ2) is 6.13. The van der Waals surface area contributed by atoms with E-state index in [1.54, 1.807) is 7.11 Å². The zero-order chi connectivity index (χ0) is 11.3. The van der Waals surface area contributed by atoms with Gasteiger partial charge in [0.05, 0.1) is 12.1 Å². The fourth-order valence-electron chi connectivity index (χ4n) is 1.33. The molecule has 0 spiro atoms. The molecule has 1 aromatic carbocycles. The molecule has 2 nitrogen and oxygen atoms in total. The van der Waals surface area contributed by atoms with Crippen molar-refractivity contribution in [1.29, 1.82) is 0 Å². The van der Waals surface area contributed by atoms with E-state index in [4.69, 9.17) is 16.3 Å². The van der Waals surface area contributed by atoms with Crippen LogP contribution in [0.4, 0.5) is 5.69 Å². The zero-order valence-electron chi connectivity index (χ0n) is 9.03. The van der Waals surface area contributed by atoms with E-state index in [1.807, 2.05) is 25.2 Å². The van der Waals surface area contributed by atoms with Crippen molar-refractivity contribution in [3.8, 4) is 5.75 Å². The maximum Gasteiger partial charge on any atom is 0.137 e. The molecule has 0 aliphatic carbocycles. The van der Waals surface area contributed by atoms with Crippen molar-refractivity contribution in [2.45, 2.75) is 6.42 Å². The molecule has 0 aromatic heterocycles. The Bertz CT molecular complexity index is 319. The maximum atomic E-state index is 6.04. The third-order valence-electron chi connectivity index (χ3n) is 2.23. The minimum absolute atomic E-state index is 0.646. The van der Waals surface area contributed by atoms with E-state index in [0.29, 0.717) is 10.8 Å². The average molecular weight is 246 g/mol. The summed E-state index contributed by atoms with van der Waals surface area (Å²) in [6.45, 7) is 0.978. The normalized spacial score (nSPS) is 10.1. The second-order valence-corrected chi connectivity index (χ2v) is 4.17. The Morgan fingerprint density at radius 3 is 2.73 bits per heavy atom. The molecule has 0 N–H and O–H groups in total. The summed E-state index contributed by atoms with van der Waals surface area (Å²) in [7, 11) is 3.66. The van der Waals surface area contributed by atoms with Gasteiger partial charge in [0.2, 0.25) is 0 Å². The number of benzene rings is 1. The van der Waals surface area contributed by atoms with Gasteiger partial charge in [0.1, 0.15) is 5.75 Å². The molecule has 84 valence electrons. The quantitative estimate of drug-likeness (QED) is 0.801. The van der Waals surface area contributed by atoms with Crippen LogP contribution >= 0.6 is 24.2 Å². The highest BCUT2D eigenvalue weighted by Crippen LogP contribution is 2.28. The smallest absolute Gasteiger partial charge is 0.137 e. The molecule has 0 bridgehead atoms. The van der Waals surface area contributed by atoms with Crippen LogP contribution in [0, 0.1) is 0 Å². The topological polar surface area (TPSA) is 12.5 Å². The molecule has 0 aliphatic heterocycles. The summed E-state index contributed by atoms with van der Waals surface area (Å²) in [6, 6.07) is 5.80. The van der Waals surface area contributed by atoms with Crippen molar-refractivity contribution >= 4 is 29.9 Å². The number of halogens is 1. The number of anilines is 1. The summed E-state index contributed by atoms with van der Waals surface area (Å²) >= 11 is 10.2. The molecule has 0 saturated carbocycles. The second-order valence-electron chi connectivity index (χ2n) is 3.32. The van der Waals surface area contributed by atoms with Crippen LogP contribution in [0.3, 0.4) is 0 Å². The highest BCUT2D eigenvalue weighted by Gasteiger charge is 2.04. The van der Waals surface area contributed by atoms with E-state index in [-0.39, 0.29) is 0 Å². The molecule has 0 radical (unpaired) electrons. The molecule has 15 heavy (non-hydrogen) atoms. The summed E-state index contributed by atoms with van der Waals surface area (Å²) in [5, 5.41) is 0.646. The van der Waals surface area contributed by atoms with Gasteiger partial charge in [-0.3, -0.25) is 0 Å². The Morgan fingerprint density at radius 1 is 1.47 bits per heavy atom. The van der Waals surface area contributed by atoms with Crippen LogP contribution in [0.25, 0.3) is 0 Å². The van der Waals surface area contributed by atoms with Gasteiger partial charge < -0.3 is 9.64 Å². The summed E-state index contributed by atoms with van der Waals surface area (Å²) in [4.78, 5) is 2.15. The highest BCUT2D eigenvalue weighted by molar-refractivity contribution is 7.80. The van der Waals surface area contributed by atoms with E-state index in [0.717, 1.165) is 24.4 Å². The standard InChI is InChI=1S/C11H16ClNOS/c1-13(6-3-7-15)9-4-5-11(14-2)10(12)8-9/h4-5,8,15H,3,6-7H2,1-2H3. The number of hydrogen-bond acceptors (Lipinski definition) is 3. The first-order valence-corrected chi connectivity index (χ1v) is 5.85. The van der Waals surface area contributed by atoms with Crippen LogP contribution < -0.4 is 9.64 Å². The van der Waals surface area contributed by atoms with Crippen molar-refractivity contribution in [3.63, 3.8) is 0 Å². The van der Waals surface area contributed by atoms with Crippen LogP contribution in [0.1, 0.15) is 6.42 Å². The van der Waals surface area contributed by atoms with E-state index < -0.39 is 0 Å². The minimum Gasteiger partial charge on any atom is -0.495 e. The summed E-state index contributed by atoms with van der Waals surface area (Å²) in [5.74, 6) is 1.61. The van der Waals surface area contributed by atoms with E-state index in [9.17, 15) is 0 Å². The molecule has 0 amide bonds. The van der Waals surface area contributed by atoms with Gasteiger partial charge in [-0.05, 0) is 30.4 Å². The van der Waals surface area contributed by atoms with Crippen molar-refractivity contribution in [2.75, 3.05) is 31.4 Å². The number of hydrogen-bond donors (Lipinski definition) is 1. The molecule has 0 saturated heterocycles. The molecular weight excluding hydrogens is 230 g/mol. The Morgan fingerprint density at radius 2 is 2.20 bits per heavy atom. The van der Waals surface area contributed by atoms with E-state index in [2.05, 4.69) is 17.5 Å². The lowest BCUT2D eigenvalue weighted by Crippen LogP contribution is -2.18. The third kappa shape index (κ3) is 3.50. The van der Waals surface area contributed by atoms with Gasteiger partial charge in [0, 0.05) is 19.3 Å². The molecule has 0 atom stereocenters. The Balaban J connectivity index is 2.73. The lowest BCUT2D eigenvalue weighted by atomic mass is 10.2. The highest BCUT2D eigenvalue weighted by atomic mass is 35.5. The molecule has 0 aliphatic rings. The SMILES string of the molecule is COc1ccc(N(C)CCCS)cc1Cl. The Hall–Kier alpha value is -0.540. The van der Waals surface area contributed by atoms with Gasteiger partial charge in [-0.25, -0.2) is 0 Å². The minimum atomic E-state index is 0.646. The van der Waals surface area contributed by atoms with E-state index in [1.165, 1.54) is 0 Å². The predicted octanol–water partition coefficient (Wildman–Crippen LogP) is 3.10. The van der Waals surface area contributed by atoms with Gasteiger partial charge in [0.15, 0.2) is 0 Å². The molecule has 1 rings (SSSR count). The number of methoxy groups -OCH3 is 1. The Labute approximate surface area is 102 Å². The summed E-state index contributed by atoms with van der Waals surface area (Å²) in [6.07, 6.45) is 1.06. The van der Waals surface area contributed by atoms with Crippen LogP contribution in [0.2, 0.25) is 5.02 Å². The molecule has 0 heterocycles. The zero-order valence-corrected chi connectivity index (χ0v) is 10.7. The van der Waals surface area contributed by atoms with Crippen molar-refractivity contribution in [2.24, 2.45) is 0 Å². The summed E-state index contributed by atoms with van der Waals surface area (Å²) < 4.78 is 5.10. The lowest BCUT2D eigenvalue weighted by molar-refractivity contribution is 0.415. The first-order chi connectivity index (χ1) is 7.19. The van der Waals surface area contributed by atoms with Gasteiger partial charge in [0.25, 0.3) is 0 Å². The van der Waals surface area contributed by atoms with Gasteiger partial charge in [-0.15, -0.1) is 0 Å². The van der Waals surface area contributed by atoms with Crippen LogP contribution in [-0.2, 0) is 0 Å².